The Morgan fingerprint density at radius 2 is 2.25 bits per heavy atom. The lowest BCUT2D eigenvalue weighted by Gasteiger charge is -2.00. The van der Waals surface area contributed by atoms with Crippen molar-refractivity contribution >= 4 is 17.8 Å². The van der Waals surface area contributed by atoms with Gasteiger partial charge in [0.2, 0.25) is 12.7 Å². The Morgan fingerprint density at radius 1 is 1.40 bits per heavy atom. The van der Waals surface area contributed by atoms with Crippen molar-refractivity contribution in [3.63, 3.8) is 0 Å². The number of anilines is 1. The molecule has 1 aliphatic heterocycles. The van der Waals surface area contributed by atoms with Crippen LogP contribution in [0.1, 0.15) is 11.1 Å². The minimum absolute atomic E-state index is 0.227. The van der Waals surface area contributed by atoms with Crippen LogP contribution in [0.5, 0.6) is 11.5 Å². The number of nitrogens with zero attached hydrogens (tertiary/aromatic N) is 1. The number of fused-ring (bicyclic) bond motifs is 1. The first-order valence-electron chi connectivity index (χ1n) is 6.11. The topological polar surface area (TPSA) is 76.2 Å². The maximum Gasteiger partial charge on any atom is 0.249 e. The Labute approximate surface area is 115 Å². The molecular formula is C14H13N3O3. The van der Waals surface area contributed by atoms with Gasteiger partial charge in [-0.2, -0.15) is 5.10 Å². The third-order valence-electron chi connectivity index (χ3n) is 2.90. The van der Waals surface area contributed by atoms with Crippen LogP contribution in [0, 0.1) is 6.92 Å². The van der Waals surface area contributed by atoms with Crippen molar-refractivity contribution in [2.75, 3.05) is 12.1 Å². The van der Waals surface area contributed by atoms with Gasteiger partial charge in [-0.3, -0.25) is 9.89 Å². The summed E-state index contributed by atoms with van der Waals surface area (Å²) in [6.45, 7) is 2.10. The summed E-state index contributed by atoms with van der Waals surface area (Å²) in [5.74, 6) is 1.79. The van der Waals surface area contributed by atoms with Crippen molar-refractivity contribution < 1.29 is 14.3 Å². The Kier molecular flexibility index (Phi) is 3.12. The van der Waals surface area contributed by atoms with E-state index in [9.17, 15) is 4.79 Å². The van der Waals surface area contributed by atoms with E-state index in [0.29, 0.717) is 11.6 Å². The number of H-pyrrole nitrogens is 1. The maximum atomic E-state index is 11.8. The van der Waals surface area contributed by atoms with E-state index in [-0.39, 0.29) is 12.7 Å². The van der Waals surface area contributed by atoms with Gasteiger partial charge in [-0.25, -0.2) is 0 Å². The average Bonchev–Trinajstić information content (AvgIpc) is 3.05. The number of carbonyl (C=O) groups excluding carboxylic acids is 1. The SMILES string of the molecule is Cc1cn[nH]c1NC(=O)/C=C/c1ccc2c(c1)OCO2. The van der Waals surface area contributed by atoms with Crippen molar-refractivity contribution in [1.29, 1.82) is 0 Å². The van der Waals surface area contributed by atoms with Crippen LogP contribution in [0.25, 0.3) is 6.08 Å². The number of hydrogen-bond acceptors (Lipinski definition) is 4. The van der Waals surface area contributed by atoms with Crippen molar-refractivity contribution in [2.45, 2.75) is 6.92 Å². The van der Waals surface area contributed by atoms with E-state index in [4.69, 9.17) is 9.47 Å². The molecule has 6 heteroatoms. The van der Waals surface area contributed by atoms with Crippen LogP contribution in [-0.4, -0.2) is 22.9 Å². The normalized spacial score (nSPS) is 12.8. The van der Waals surface area contributed by atoms with E-state index in [0.717, 1.165) is 16.9 Å². The van der Waals surface area contributed by atoms with E-state index < -0.39 is 0 Å². The molecule has 1 aliphatic rings. The first-order valence-corrected chi connectivity index (χ1v) is 6.11. The van der Waals surface area contributed by atoms with Gasteiger partial charge < -0.3 is 14.8 Å². The first kappa shape index (κ1) is 12.3. The molecule has 2 aromatic rings. The fraction of sp³-hybridized carbons (Fsp3) is 0.143. The van der Waals surface area contributed by atoms with E-state index >= 15 is 0 Å². The molecule has 3 rings (SSSR count). The van der Waals surface area contributed by atoms with Gasteiger partial charge in [0.05, 0.1) is 6.20 Å². The van der Waals surface area contributed by atoms with E-state index in [1.807, 2.05) is 25.1 Å². The molecule has 0 bridgehead atoms. The van der Waals surface area contributed by atoms with Crippen LogP contribution in [0.2, 0.25) is 0 Å². The number of amides is 1. The number of aryl methyl sites for hydroxylation is 1. The molecule has 0 fully saturated rings. The van der Waals surface area contributed by atoms with Gasteiger partial charge in [0.15, 0.2) is 11.5 Å². The highest BCUT2D eigenvalue weighted by Gasteiger charge is 2.12. The molecular weight excluding hydrogens is 258 g/mol. The lowest BCUT2D eigenvalue weighted by atomic mass is 10.2. The second kappa shape index (κ2) is 5.08. The molecule has 102 valence electrons. The summed E-state index contributed by atoms with van der Waals surface area (Å²) in [6.07, 6.45) is 4.82. The molecule has 1 aromatic heterocycles. The van der Waals surface area contributed by atoms with Crippen molar-refractivity contribution in [1.82, 2.24) is 10.2 Å². The summed E-state index contributed by atoms with van der Waals surface area (Å²) < 4.78 is 10.5. The molecule has 0 unspecified atom stereocenters. The average molecular weight is 271 g/mol. The quantitative estimate of drug-likeness (QED) is 0.838. The van der Waals surface area contributed by atoms with Crippen molar-refractivity contribution in [3.05, 3.63) is 41.6 Å². The Balaban J connectivity index is 1.68. The Bertz CT molecular complexity index is 676. The lowest BCUT2D eigenvalue weighted by molar-refractivity contribution is -0.111. The maximum absolute atomic E-state index is 11.8. The van der Waals surface area contributed by atoms with Crippen LogP contribution in [-0.2, 0) is 4.79 Å². The largest absolute Gasteiger partial charge is 0.454 e. The fourth-order valence-corrected chi connectivity index (χ4v) is 1.83. The summed E-state index contributed by atoms with van der Waals surface area (Å²) in [5.41, 5.74) is 1.75. The monoisotopic (exact) mass is 271 g/mol. The van der Waals surface area contributed by atoms with Gasteiger partial charge in [-0.15, -0.1) is 0 Å². The van der Waals surface area contributed by atoms with Gasteiger partial charge in [0.1, 0.15) is 5.82 Å². The summed E-state index contributed by atoms with van der Waals surface area (Å²) >= 11 is 0. The minimum Gasteiger partial charge on any atom is -0.454 e. The number of ether oxygens (including phenoxy) is 2. The van der Waals surface area contributed by atoms with Gasteiger partial charge in [0, 0.05) is 11.6 Å². The van der Waals surface area contributed by atoms with Crippen LogP contribution < -0.4 is 14.8 Å². The fourth-order valence-electron chi connectivity index (χ4n) is 1.83. The van der Waals surface area contributed by atoms with Crippen molar-refractivity contribution in [2.24, 2.45) is 0 Å². The van der Waals surface area contributed by atoms with E-state index in [1.165, 1.54) is 6.08 Å². The predicted molar refractivity (Wildman–Crippen MR) is 73.6 cm³/mol. The molecule has 20 heavy (non-hydrogen) atoms. The van der Waals surface area contributed by atoms with Crippen molar-refractivity contribution in [3.8, 4) is 11.5 Å². The van der Waals surface area contributed by atoms with Crippen LogP contribution in [0.4, 0.5) is 5.82 Å². The van der Waals surface area contributed by atoms with Gasteiger partial charge in [-0.1, -0.05) is 6.07 Å². The summed E-state index contributed by atoms with van der Waals surface area (Å²) in [5, 5.41) is 9.27. The van der Waals surface area contributed by atoms with Gasteiger partial charge in [0.25, 0.3) is 0 Å². The van der Waals surface area contributed by atoms with Crippen LogP contribution in [0.3, 0.4) is 0 Å². The number of hydrogen-bond donors (Lipinski definition) is 2. The number of aromatic amines is 1. The van der Waals surface area contributed by atoms with Gasteiger partial charge >= 0.3 is 0 Å². The molecule has 0 atom stereocenters. The molecule has 1 amide bonds. The van der Waals surface area contributed by atoms with Crippen LogP contribution in [0.15, 0.2) is 30.5 Å². The van der Waals surface area contributed by atoms with E-state index in [1.54, 1.807) is 12.3 Å². The third kappa shape index (κ3) is 2.49. The predicted octanol–water partition coefficient (Wildman–Crippen LogP) is 2.10. The molecule has 1 aromatic carbocycles. The molecule has 0 spiro atoms. The highest BCUT2D eigenvalue weighted by atomic mass is 16.7. The molecule has 0 saturated carbocycles. The molecule has 6 nitrogen and oxygen atoms in total. The highest BCUT2D eigenvalue weighted by Crippen LogP contribution is 2.32. The lowest BCUT2D eigenvalue weighted by Crippen LogP contribution is -2.08. The second-order valence-corrected chi connectivity index (χ2v) is 4.36. The standard InChI is InChI=1S/C14H13N3O3/c1-9-7-15-17-14(9)16-13(18)5-3-10-2-4-11-12(6-10)20-8-19-11/h2-7H,8H2,1H3,(H2,15,16,17,18)/b5-3+. The van der Waals surface area contributed by atoms with E-state index in [2.05, 4.69) is 15.5 Å². The molecule has 0 aliphatic carbocycles. The molecule has 0 radical (unpaired) electrons. The zero-order valence-electron chi connectivity index (χ0n) is 10.8. The Morgan fingerprint density at radius 3 is 3.05 bits per heavy atom. The molecule has 2 heterocycles. The smallest absolute Gasteiger partial charge is 0.249 e. The number of carbonyl (C=O) groups is 1. The number of aromatic nitrogens is 2. The minimum atomic E-state index is -0.227. The summed E-state index contributed by atoms with van der Waals surface area (Å²) in [6, 6.07) is 5.51. The van der Waals surface area contributed by atoms with Gasteiger partial charge in [-0.05, 0) is 30.7 Å². The summed E-state index contributed by atoms with van der Waals surface area (Å²) in [4.78, 5) is 11.8. The molecule has 0 saturated heterocycles. The van der Waals surface area contributed by atoms with Crippen LogP contribution >= 0.6 is 0 Å². The highest BCUT2D eigenvalue weighted by molar-refractivity contribution is 6.01. The first-order chi connectivity index (χ1) is 9.72. The Hall–Kier alpha value is -2.76. The zero-order valence-corrected chi connectivity index (χ0v) is 10.8. The summed E-state index contributed by atoms with van der Waals surface area (Å²) in [7, 11) is 0. The number of nitrogens with one attached hydrogen (secondary N) is 2. The number of benzene rings is 1. The zero-order chi connectivity index (χ0) is 13.9. The number of rotatable bonds is 3. The molecule has 2 N–H and O–H groups in total. The third-order valence-corrected chi connectivity index (χ3v) is 2.90. The second-order valence-electron chi connectivity index (χ2n) is 4.36.